The predicted molar refractivity (Wildman–Crippen MR) is 124 cm³/mol. The molecule has 1 N–H and O–H groups in total. The van der Waals surface area contributed by atoms with Gasteiger partial charge in [-0.1, -0.05) is 63.6 Å². The van der Waals surface area contributed by atoms with Gasteiger partial charge in [0.25, 0.3) is 0 Å². The van der Waals surface area contributed by atoms with Crippen LogP contribution in [-0.4, -0.2) is 49.2 Å². The van der Waals surface area contributed by atoms with Crippen molar-refractivity contribution in [2.45, 2.75) is 71.4 Å². The van der Waals surface area contributed by atoms with Crippen LogP contribution in [0.5, 0.6) is 0 Å². The molecule has 0 radical (unpaired) electrons. The van der Waals surface area contributed by atoms with Gasteiger partial charge in [0.2, 0.25) is 5.91 Å². The van der Waals surface area contributed by atoms with Gasteiger partial charge in [0.05, 0.1) is 6.61 Å². The van der Waals surface area contributed by atoms with Crippen LogP contribution in [0.3, 0.4) is 0 Å². The highest BCUT2D eigenvalue weighted by atomic mass is 16.5. The molecule has 0 bridgehead atoms. The largest absolute Gasteiger partial charge is 0.381 e. The van der Waals surface area contributed by atoms with Crippen LogP contribution in [0.1, 0.15) is 64.9 Å². The molecule has 4 heteroatoms. The molecule has 4 atom stereocenters. The Morgan fingerprint density at radius 3 is 2.60 bits per heavy atom. The Balaban J connectivity index is 0.000000806. The smallest absolute Gasteiger partial charge is 0.226 e. The first-order valence-electron chi connectivity index (χ1n) is 12.0. The summed E-state index contributed by atoms with van der Waals surface area (Å²) in [4.78, 5) is 15.1. The summed E-state index contributed by atoms with van der Waals surface area (Å²) in [5.41, 5.74) is 2.67. The second kappa shape index (κ2) is 11.7. The Kier molecular flexibility index (Phi) is 8.95. The molecule has 1 saturated heterocycles. The van der Waals surface area contributed by atoms with Crippen molar-refractivity contribution in [2.24, 2.45) is 11.8 Å². The number of benzene rings is 1. The second-order valence-corrected chi connectivity index (χ2v) is 9.16. The maximum atomic E-state index is 13.0. The van der Waals surface area contributed by atoms with Gasteiger partial charge in [-0.15, -0.1) is 0 Å². The average molecular weight is 413 g/mol. The van der Waals surface area contributed by atoms with Crippen molar-refractivity contribution in [1.82, 2.24) is 10.2 Å². The minimum Gasteiger partial charge on any atom is -0.381 e. The van der Waals surface area contributed by atoms with E-state index >= 15 is 0 Å². The van der Waals surface area contributed by atoms with E-state index < -0.39 is 0 Å². The molecule has 166 valence electrons. The standard InChI is InChI=1S/C23H32N2O2.C3H8/c1-17-16-27-14-11-22(17)24-21-8-7-20(15-21)23(26)25-12-9-19(10-13-25)18-5-3-2-4-6-18;1-3-2/h2-6,9,17,20-22,24H,7-8,10-16H2,1H3;3H2,1-2H3/t17?,20?,21-,22?;/m1./s1. The van der Waals surface area contributed by atoms with E-state index in [0.717, 1.165) is 58.4 Å². The Morgan fingerprint density at radius 1 is 1.17 bits per heavy atom. The fourth-order valence-electron chi connectivity index (χ4n) is 4.83. The van der Waals surface area contributed by atoms with Gasteiger partial charge in [0, 0.05) is 37.7 Å². The zero-order chi connectivity index (χ0) is 21.3. The maximum absolute atomic E-state index is 13.0. The van der Waals surface area contributed by atoms with Crippen LogP contribution in [0.25, 0.3) is 5.57 Å². The highest BCUT2D eigenvalue weighted by Crippen LogP contribution is 2.30. The molecule has 2 heterocycles. The van der Waals surface area contributed by atoms with Crippen LogP contribution >= 0.6 is 0 Å². The lowest BCUT2D eigenvalue weighted by Crippen LogP contribution is -2.46. The van der Waals surface area contributed by atoms with E-state index in [9.17, 15) is 4.79 Å². The van der Waals surface area contributed by atoms with E-state index in [1.807, 2.05) is 6.07 Å². The molecule has 0 aromatic heterocycles. The number of rotatable bonds is 4. The number of nitrogens with zero attached hydrogens (tertiary/aromatic N) is 1. The summed E-state index contributed by atoms with van der Waals surface area (Å²) in [6.07, 6.45) is 8.69. The normalized spacial score (nSPS) is 29.0. The van der Waals surface area contributed by atoms with Gasteiger partial charge in [-0.3, -0.25) is 4.79 Å². The number of hydrogen-bond acceptors (Lipinski definition) is 3. The number of nitrogens with one attached hydrogen (secondary N) is 1. The predicted octanol–water partition coefficient (Wildman–Crippen LogP) is 4.90. The number of ether oxygens (including phenoxy) is 1. The fourth-order valence-corrected chi connectivity index (χ4v) is 4.83. The first-order chi connectivity index (χ1) is 14.6. The van der Waals surface area contributed by atoms with E-state index in [0.29, 0.717) is 23.9 Å². The lowest BCUT2D eigenvalue weighted by molar-refractivity contribution is -0.134. The van der Waals surface area contributed by atoms with Crippen LogP contribution < -0.4 is 5.32 Å². The van der Waals surface area contributed by atoms with Gasteiger partial charge in [-0.2, -0.15) is 0 Å². The topological polar surface area (TPSA) is 41.6 Å². The Hall–Kier alpha value is -1.65. The first-order valence-corrected chi connectivity index (χ1v) is 12.0. The van der Waals surface area contributed by atoms with E-state index in [2.05, 4.69) is 61.3 Å². The van der Waals surface area contributed by atoms with Crippen molar-refractivity contribution in [3.05, 3.63) is 42.0 Å². The summed E-state index contributed by atoms with van der Waals surface area (Å²) in [7, 11) is 0. The molecule has 1 amide bonds. The number of hydrogen-bond donors (Lipinski definition) is 1. The van der Waals surface area contributed by atoms with Gasteiger partial charge in [-0.05, 0) is 49.2 Å². The minimum absolute atomic E-state index is 0.198. The van der Waals surface area contributed by atoms with Crippen LogP contribution in [0.15, 0.2) is 36.4 Å². The summed E-state index contributed by atoms with van der Waals surface area (Å²) in [6, 6.07) is 11.6. The zero-order valence-corrected chi connectivity index (χ0v) is 19.1. The molecular weight excluding hydrogens is 372 g/mol. The summed E-state index contributed by atoms with van der Waals surface area (Å²) >= 11 is 0. The second-order valence-electron chi connectivity index (χ2n) is 9.16. The highest BCUT2D eigenvalue weighted by Gasteiger charge is 2.35. The SMILES string of the molecule is CC1COCCC1N[C@@H]1CCC(C(=O)N2CC=C(c3ccccc3)CC2)C1.CCC. The first kappa shape index (κ1) is 23.0. The molecule has 4 rings (SSSR count). The number of carbonyl (C=O) groups is 1. The van der Waals surface area contributed by atoms with Crippen molar-refractivity contribution in [1.29, 1.82) is 0 Å². The summed E-state index contributed by atoms with van der Waals surface area (Å²) in [6.45, 7) is 9.84. The Morgan fingerprint density at radius 2 is 1.93 bits per heavy atom. The lowest BCUT2D eigenvalue weighted by Gasteiger charge is -2.32. The molecule has 4 nitrogen and oxygen atoms in total. The molecule has 0 spiro atoms. The Bertz CT molecular complexity index is 688. The van der Waals surface area contributed by atoms with Gasteiger partial charge in [0.1, 0.15) is 0 Å². The van der Waals surface area contributed by atoms with E-state index in [4.69, 9.17) is 4.74 Å². The van der Waals surface area contributed by atoms with Gasteiger partial charge < -0.3 is 15.0 Å². The van der Waals surface area contributed by atoms with Crippen molar-refractivity contribution in [3.63, 3.8) is 0 Å². The molecule has 30 heavy (non-hydrogen) atoms. The molecular formula is C26H40N2O2. The van der Waals surface area contributed by atoms with E-state index in [-0.39, 0.29) is 5.92 Å². The van der Waals surface area contributed by atoms with E-state index in [1.165, 1.54) is 17.6 Å². The van der Waals surface area contributed by atoms with Gasteiger partial charge in [0.15, 0.2) is 0 Å². The quantitative estimate of drug-likeness (QED) is 0.765. The summed E-state index contributed by atoms with van der Waals surface area (Å²) < 4.78 is 5.55. The summed E-state index contributed by atoms with van der Waals surface area (Å²) in [5.74, 6) is 1.13. The van der Waals surface area contributed by atoms with Gasteiger partial charge >= 0.3 is 0 Å². The zero-order valence-electron chi connectivity index (χ0n) is 19.1. The van der Waals surface area contributed by atoms with Crippen molar-refractivity contribution in [3.8, 4) is 0 Å². The number of amides is 1. The van der Waals surface area contributed by atoms with Crippen LogP contribution in [0.4, 0.5) is 0 Å². The average Bonchev–Trinajstić information content (AvgIpc) is 3.25. The summed E-state index contributed by atoms with van der Waals surface area (Å²) in [5, 5.41) is 3.82. The third kappa shape index (κ3) is 6.18. The molecule has 1 aliphatic carbocycles. The number of carbonyl (C=O) groups excluding carboxylic acids is 1. The molecule has 1 aromatic carbocycles. The molecule has 3 aliphatic rings. The van der Waals surface area contributed by atoms with Crippen molar-refractivity contribution < 1.29 is 9.53 Å². The molecule has 2 aliphatic heterocycles. The highest BCUT2D eigenvalue weighted by molar-refractivity contribution is 5.81. The molecule has 1 saturated carbocycles. The van der Waals surface area contributed by atoms with Crippen molar-refractivity contribution >= 4 is 11.5 Å². The molecule has 3 unspecified atom stereocenters. The van der Waals surface area contributed by atoms with Crippen LogP contribution in [0.2, 0.25) is 0 Å². The lowest BCUT2D eigenvalue weighted by atomic mass is 9.96. The fraction of sp³-hybridized carbons (Fsp3) is 0.654. The van der Waals surface area contributed by atoms with E-state index in [1.54, 1.807) is 0 Å². The third-order valence-electron chi connectivity index (χ3n) is 6.54. The third-order valence-corrected chi connectivity index (χ3v) is 6.54. The molecule has 1 aromatic rings. The maximum Gasteiger partial charge on any atom is 0.226 e. The Labute approximate surface area is 183 Å². The van der Waals surface area contributed by atoms with Crippen molar-refractivity contribution in [2.75, 3.05) is 26.3 Å². The van der Waals surface area contributed by atoms with Crippen LogP contribution in [-0.2, 0) is 9.53 Å². The minimum atomic E-state index is 0.198. The monoisotopic (exact) mass is 412 g/mol. The van der Waals surface area contributed by atoms with Gasteiger partial charge in [-0.25, -0.2) is 0 Å². The van der Waals surface area contributed by atoms with Crippen LogP contribution in [0, 0.1) is 11.8 Å². The molecule has 2 fully saturated rings.